The van der Waals surface area contributed by atoms with Gasteiger partial charge >= 0.3 is 0 Å². The summed E-state index contributed by atoms with van der Waals surface area (Å²) in [6.07, 6.45) is 3.32. The maximum Gasteiger partial charge on any atom is 0.187 e. The highest BCUT2D eigenvalue weighted by Gasteiger charge is 2.14. The lowest BCUT2D eigenvalue weighted by molar-refractivity contribution is 0.104. The number of allylic oxidation sites excluding steroid dienone is 1. The molecule has 28 heavy (non-hydrogen) atoms. The molecule has 0 N–H and O–H groups in total. The number of carbonyl (C=O) groups is 1. The van der Waals surface area contributed by atoms with Gasteiger partial charge in [0.1, 0.15) is 5.75 Å². The number of rotatable bonds is 10. The summed E-state index contributed by atoms with van der Waals surface area (Å²) >= 11 is 3.53. The number of hydrogen-bond donors (Lipinski definition) is 0. The first-order chi connectivity index (χ1) is 13.5. The quantitative estimate of drug-likeness (QED) is 0.386. The van der Waals surface area contributed by atoms with Crippen molar-refractivity contribution in [3.63, 3.8) is 0 Å². The van der Waals surface area contributed by atoms with Crippen LogP contribution < -0.4 is 4.74 Å². The highest BCUT2D eigenvalue weighted by atomic mass is 79.9. The van der Waals surface area contributed by atoms with Gasteiger partial charge in [0.15, 0.2) is 5.78 Å². The molecule has 0 bridgehead atoms. The molecule has 0 aliphatic rings. The average molecular weight is 449 g/mol. The molecule has 0 fully saturated rings. The van der Waals surface area contributed by atoms with Gasteiger partial charge < -0.3 is 18.9 Å². The normalized spacial score (nSPS) is 11.2. The summed E-state index contributed by atoms with van der Waals surface area (Å²) in [5.41, 5.74) is 4.21. The Morgan fingerprint density at radius 1 is 0.929 bits per heavy atom. The van der Waals surface area contributed by atoms with E-state index in [9.17, 15) is 4.79 Å². The minimum atomic E-state index is -0.109. The number of hydrogen-bond acceptors (Lipinski definition) is 5. The SMILES string of the molecule is COCc1cc(COC)c(Br)c(C(=O)/C=C/c2ccc(COC)c(OC)c2)c1. The third-order valence-electron chi connectivity index (χ3n) is 4.12. The predicted octanol–water partition coefficient (Wildman–Crippen LogP) is 4.79. The molecule has 0 spiro atoms. The van der Waals surface area contributed by atoms with Crippen LogP contribution >= 0.6 is 15.9 Å². The first-order valence-electron chi connectivity index (χ1n) is 8.71. The minimum Gasteiger partial charge on any atom is -0.496 e. The fourth-order valence-corrected chi connectivity index (χ4v) is 3.38. The smallest absolute Gasteiger partial charge is 0.187 e. The molecule has 0 unspecified atom stereocenters. The van der Waals surface area contributed by atoms with E-state index in [1.807, 2.05) is 30.3 Å². The third-order valence-corrected chi connectivity index (χ3v) is 5.06. The van der Waals surface area contributed by atoms with E-state index in [2.05, 4.69) is 15.9 Å². The van der Waals surface area contributed by atoms with Crippen molar-refractivity contribution in [1.82, 2.24) is 0 Å². The summed E-state index contributed by atoms with van der Waals surface area (Å²) in [5.74, 6) is 0.615. The summed E-state index contributed by atoms with van der Waals surface area (Å²) < 4.78 is 21.7. The van der Waals surface area contributed by atoms with Crippen molar-refractivity contribution in [1.29, 1.82) is 0 Å². The highest BCUT2D eigenvalue weighted by Crippen LogP contribution is 2.27. The van der Waals surface area contributed by atoms with Crippen LogP contribution in [0, 0.1) is 0 Å². The van der Waals surface area contributed by atoms with Gasteiger partial charge in [0.25, 0.3) is 0 Å². The van der Waals surface area contributed by atoms with Crippen molar-refractivity contribution in [2.24, 2.45) is 0 Å². The monoisotopic (exact) mass is 448 g/mol. The molecule has 0 heterocycles. The van der Waals surface area contributed by atoms with E-state index in [4.69, 9.17) is 18.9 Å². The predicted molar refractivity (Wildman–Crippen MR) is 113 cm³/mol. The van der Waals surface area contributed by atoms with E-state index >= 15 is 0 Å². The summed E-state index contributed by atoms with van der Waals surface area (Å²) in [6.45, 7) is 1.29. The second-order valence-corrected chi connectivity index (χ2v) is 6.98. The molecule has 2 aromatic carbocycles. The molecular formula is C22H25BrO5. The number of carbonyl (C=O) groups excluding carboxylic acids is 1. The molecule has 0 atom stereocenters. The van der Waals surface area contributed by atoms with E-state index in [1.165, 1.54) is 0 Å². The highest BCUT2D eigenvalue weighted by molar-refractivity contribution is 9.10. The lowest BCUT2D eigenvalue weighted by Gasteiger charge is -2.11. The second-order valence-electron chi connectivity index (χ2n) is 6.18. The average Bonchev–Trinajstić information content (AvgIpc) is 2.69. The molecule has 2 aromatic rings. The van der Waals surface area contributed by atoms with Gasteiger partial charge in [-0.15, -0.1) is 0 Å². The van der Waals surface area contributed by atoms with E-state index in [0.29, 0.717) is 25.4 Å². The first-order valence-corrected chi connectivity index (χ1v) is 9.50. The van der Waals surface area contributed by atoms with Crippen LogP contribution in [0.4, 0.5) is 0 Å². The van der Waals surface area contributed by atoms with Crippen LogP contribution in [0.5, 0.6) is 5.75 Å². The topological polar surface area (TPSA) is 54.0 Å². The van der Waals surface area contributed by atoms with Crippen LogP contribution in [0.15, 0.2) is 40.9 Å². The summed E-state index contributed by atoms with van der Waals surface area (Å²) in [7, 11) is 6.50. The lowest BCUT2D eigenvalue weighted by Crippen LogP contribution is -2.03. The molecule has 150 valence electrons. The van der Waals surface area contributed by atoms with Gasteiger partial charge in [0, 0.05) is 36.9 Å². The molecule has 0 radical (unpaired) electrons. The van der Waals surface area contributed by atoms with Crippen LogP contribution in [0.2, 0.25) is 0 Å². The molecular weight excluding hydrogens is 424 g/mol. The zero-order valence-corrected chi connectivity index (χ0v) is 18.2. The van der Waals surface area contributed by atoms with Gasteiger partial charge in [-0.05, 0) is 56.9 Å². The zero-order chi connectivity index (χ0) is 20.5. The molecule has 0 amide bonds. The summed E-state index contributed by atoms with van der Waals surface area (Å²) in [5, 5.41) is 0. The van der Waals surface area contributed by atoms with Crippen LogP contribution in [-0.2, 0) is 34.0 Å². The maximum absolute atomic E-state index is 12.8. The standard InChI is InChI=1S/C22H25BrO5/c1-25-12-16-9-18(14-27-3)22(23)19(10-16)20(24)8-6-15-5-7-17(13-26-2)21(11-15)28-4/h5-11H,12-14H2,1-4H3/b8-6+. The number of halogens is 1. The van der Waals surface area contributed by atoms with E-state index in [1.54, 1.807) is 40.6 Å². The van der Waals surface area contributed by atoms with Crippen molar-refractivity contribution in [2.75, 3.05) is 28.4 Å². The van der Waals surface area contributed by atoms with E-state index < -0.39 is 0 Å². The minimum absolute atomic E-state index is 0.109. The maximum atomic E-state index is 12.8. The van der Waals surface area contributed by atoms with Gasteiger partial charge in [0.2, 0.25) is 0 Å². The van der Waals surface area contributed by atoms with Crippen molar-refractivity contribution in [2.45, 2.75) is 19.8 Å². The lowest BCUT2D eigenvalue weighted by atomic mass is 10.0. The number of ketones is 1. The van der Waals surface area contributed by atoms with E-state index in [0.717, 1.165) is 32.5 Å². The molecule has 0 aromatic heterocycles. The Kier molecular flexibility index (Phi) is 8.86. The zero-order valence-electron chi connectivity index (χ0n) is 16.6. The van der Waals surface area contributed by atoms with Crippen LogP contribution in [0.3, 0.4) is 0 Å². The number of ether oxygens (including phenoxy) is 4. The van der Waals surface area contributed by atoms with Gasteiger partial charge in [-0.1, -0.05) is 18.2 Å². The van der Waals surface area contributed by atoms with Crippen LogP contribution in [0.25, 0.3) is 6.08 Å². The molecule has 2 rings (SSSR count). The Morgan fingerprint density at radius 3 is 2.25 bits per heavy atom. The molecule has 0 saturated heterocycles. The van der Waals surface area contributed by atoms with Crippen LogP contribution in [0.1, 0.15) is 32.6 Å². The van der Waals surface area contributed by atoms with Crippen LogP contribution in [-0.4, -0.2) is 34.2 Å². The molecule has 5 nitrogen and oxygen atoms in total. The molecule has 6 heteroatoms. The van der Waals surface area contributed by atoms with Gasteiger partial charge in [-0.2, -0.15) is 0 Å². The van der Waals surface area contributed by atoms with Crippen molar-refractivity contribution in [3.05, 3.63) is 68.7 Å². The van der Waals surface area contributed by atoms with Gasteiger partial charge in [-0.25, -0.2) is 0 Å². The number of methoxy groups -OCH3 is 4. The Bertz CT molecular complexity index is 845. The fraction of sp³-hybridized carbons (Fsp3) is 0.318. The Balaban J connectivity index is 2.31. The Hall–Kier alpha value is -1.99. The van der Waals surface area contributed by atoms with E-state index in [-0.39, 0.29) is 5.78 Å². The number of benzene rings is 2. The summed E-state index contributed by atoms with van der Waals surface area (Å²) in [6, 6.07) is 9.54. The first kappa shape index (κ1) is 22.3. The molecule has 0 saturated carbocycles. The van der Waals surface area contributed by atoms with Crippen molar-refractivity contribution in [3.8, 4) is 5.75 Å². The van der Waals surface area contributed by atoms with Gasteiger partial charge in [0.05, 0.1) is 26.9 Å². The summed E-state index contributed by atoms with van der Waals surface area (Å²) in [4.78, 5) is 12.8. The van der Waals surface area contributed by atoms with Crippen molar-refractivity contribution >= 4 is 27.8 Å². The molecule has 0 aliphatic carbocycles. The molecule has 0 aliphatic heterocycles. The van der Waals surface area contributed by atoms with Gasteiger partial charge in [-0.3, -0.25) is 4.79 Å². The third kappa shape index (κ3) is 5.75. The Morgan fingerprint density at radius 2 is 1.61 bits per heavy atom. The largest absolute Gasteiger partial charge is 0.496 e. The fourth-order valence-electron chi connectivity index (χ4n) is 2.84. The van der Waals surface area contributed by atoms with Crippen molar-refractivity contribution < 1.29 is 23.7 Å². The second kappa shape index (κ2) is 11.1. The Labute approximate surface area is 174 Å².